The molecule has 0 radical (unpaired) electrons. The second kappa shape index (κ2) is 6.90. The number of methoxy groups -OCH3 is 1. The molecule has 1 heterocycles. The van der Waals surface area contributed by atoms with Gasteiger partial charge in [-0.2, -0.15) is 0 Å². The van der Waals surface area contributed by atoms with E-state index >= 15 is 0 Å². The van der Waals surface area contributed by atoms with Gasteiger partial charge in [-0.25, -0.2) is 0 Å². The fourth-order valence-corrected chi connectivity index (χ4v) is 2.58. The zero-order chi connectivity index (χ0) is 13.6. The zero-order valence-electron chi connectivity index (χ0n) is 11.7. The summed E-state index contributed by atoms with van der Waals surface area (Å²) in [6, 6.07) is 4.38. The van der Waals surface area contributed by atoms with Gasteiger partial charge >= 0.3 is 5.97 Å². The number of ether oxygens (including phenoxy) is 1. The average molecular weight is 269 g/mol. The van der Waals surface area contributed by atoms with E-state index in [1.807, 2.05) is 11.3 Å². The van der Waals surface area contributed by atoms with E-state index in [0.29, 0.717) is 6.42 Å². The number of carbonyl (C=O) groups is 1. The molecule has 0 unspecified atom stereocenters. The molecule has 4 heteroatoms. The van der Waals surface area contributed by atoms with Gasteiger partial charge in [0.05, 0.1) is 7.11 Å². The molecular formula is C14H23NO2S. The maximum absolute atomic E-state index is 10.9. The van der Waals surface area contributed by atoms with Gasteiger partial charge in [0, 0.05) is 22.7 Å². The van der Waals surface area contributed by atoms with Crippen LogP contribution in [0.25, 0.3) is 0 Å². The Balaban J connectivity index is 2.24. The molecule has 1 aromatic rings. The molecule has 0 saturated carbocycles. The lowest BCUT2D eigenvalue weighted by molar-refractivity contribution is -0.140. The predicted octanol–water partition coefficient (Wildman–Crippen LogP) is 3.09. The smallest absolute Gasteiger partial charge is 0.305 e. The van der Waals surface area contributed by atoms with Crippen LogP contribution in [0.15, 0.2) is 12.1 Å². The van der Waals surface area contributed by atoms with Gasteiger partial charge in [0.15, 0.2) is 0 Å². The highest BCUT2D eigenvalue weighted by Crippen LogP contribution is 2.29. The normalized spacial score (nSPS) is 11.6. The molecule has 0 aliphatic rings. The van der Waals surface area contributed by atoms with Crippen LogP contribution < -0.4 is 5.32 Å². The summed E-state index contributed by atoms with van der Waals surface area (Å²) >= 11 is 1.85. The Labute approximate surface area is 114 Å². The van der Waals surface area contributed by atoms with Crippen LogP contribution in [0, 0.1) is 0 Å². The molecule has 0 aromatic carbocycles. The monoisotopic (exact) mass is 269 g/mol. The molecule has 1 aromatic heterocycles. The van der Waals surface area contributed by atoms with Gasteiger partial charge in [-0.05, 0) is 30.5 Å². The molecule has 0 fully saturated rings. The molecule has 1 N–H and O–H groups in total. The number of hydrogen-bond acceptors (Lipinski definition) is 4. The SMILES string of the molecule is COC(=O)CCCNCc1ccc(C(C)(C)C)s1. The highest BCUT2D eigenvalue weighted by molar-refractivity contribution is 7.12. The Bertz CT molecular complexity index is 379. The molecule has 1 rings (SSSR count). The van der Waals surface area contributed by atoms with Crippen molar-refractivity contribution in [2.45, 2.75) is 45.6 Å². The summed E-state index contributed by atoms with van der Waals surface area (Å²) in [7, 11) is 1.43. The van der Waals surface area contributed by atoms with Crippen LogP contribution in [0.3, 0.4) is 0 Å². The van der Waals surface area contributed by atoms with Crippen molar-refractivity contribution in [1.82, 2.24) is 5.32 Å². The molecule has 0 saturated heterocycles. The summed E-state index contributed by atoms with van der Waals surface area (Å²) in [6.07, 6.45) is 1.31. The number of hydrogen-bond donors (Lipinski definition) is 1. The quantitative estimate of drug-likeness (QED) is 0.637. The molecule has 0 aliphatic heterocycles. The van der Waals surface area contributed by atoms with Crippen molar-refractivity contribution in [2.75, 3.05) is 13.7 Å². The molecule has 0 amide bonds. The first-order chi connectivity index (χ1) is 8.43. The maximum Gasteiger partial charge on any atom is 0.305 e. The number of thiophene rings is 1. The maximum atomic E-state index is 10.9. The first kappa shape index (κ1) is 15.2. The predicted molar refractivity (Wildman–Crippen MR) is 76.0 cm³/mol. The summed E-state index contributed by atoms with van der Waals surface area (Å²) in [5, 5.41) is 3.35. The number of esters is 1. The van der Waals surface area contributed by atoms with E-state index < -0.39 is 0 Å². The third kappa shape index (κ3) is 5.19. The van der Waals surface area contributed by atoms with Crippen LogP contribution >= 0.6 is 11.3 Å². The first-order valence-electron chi connectivity index (χ1n) is 6.30. The minimum Gasteiger partial charge on any atom is -0.469 e. The van der Waals surface area contributed by atoms with Gasteiger partial charge < -0.3 is 10.1 Å². The zero-order valence-corrected chi connectivity index (χ0v) is 12.5. The van der Waals surface area contributed by atoms with Crippen LogP contribution in [0.2, 0.25) is 0 Å². The standard InChI is InChI=1S/C14H23NO2S/c1-14(2,3)12-8-7-11(18-12)10-15-9-5-6-13(16)17-4/h7-8,15H,5-6,9-10H2,1-4H3. The van der Waals surface area contributed by atoms with Crippen molar-refractivity contribution in [2.24, 2.45) is 0 Å². The van der Waals surface area contributed by atoms with Gasteiger partial charge in [-0.15, -0.1) is 11.3 Å². The van der Waals surface area contributed by atoms with E-state index in [9.17, 15) is 4.79 Å². The summed E-state index contributed by atoms with van der Waals surface area (Å²) in [5.74, 6) is -0.136. The fraction of sp³-hybridized carbons (Fsp3) is 0.643. The molecule has 18 heavy (non-hydrogen) atoms. The lowest BCUT2D eigenvalue weighted by Crippen LogP contribution is -2.15. The largest absolute Gasteiger partial charge is 0.469 e. The van der Waals surface area contributed by atoms with Crippen LogP contribution in [0.1, 0.15) is 43.4 Å². The third-order valence-electron chi connectivity index (χ3n) is 2.66. The summed E-state index contributed by atoms with van der Waals surface area (Å²) in [6.45, 7) is 8.41. The number of nitrogens with one attached hydrogen (secondary N) is 1. The second-order valence-electron chi connectivity index (χ2n) is 5.37. The fourth-order valence-electron chi connectivity index (χ4n) is 1.55. The van der Waals surface area contributed by atoms with E-state index in [2.05, 4.69) is 43.0 Å². The Morgan fingerprint density at radius 2 is 2.11 bits per heavy atom. The van der Waals surface area contributed by atoms with Crippen molar-refractivity contribution in [1.29, 1.82) is 0 Å². The highest BCUT2D eigenvalue weighted by Gasteiger charge is 2.15. The molecule has 0 aliphatic carbocycles. The molecule has 0 spiro atoms. The van der Waals surface area contributed by atoms with Crippen molar-refractivity contribution >= 4 is 17.3 Å². The van der Waals surface area contributed by atoms with Crippen LogP contribution in [-0.4, -0.2) is 19.6 Å². The van der Waals surface area contributed by atoms with E-state index in [4.69, 9.17) is 0 Å². The molecular weight excluding hydrogens is 246 g/mol. The van der Waals surface area contributed by atoms with Crippen molar-refractivity contribution in [3.8, 4) is 0 Å². The Hall–Kier alpha value is -0.870. The molecule has 0 bridgehead atoms. The Kier molecular flexibility index (Phi) is 5.82. The summed E-state index contributed by atoms with van der Waals surface area (Å²) < 4.78 is 4.59. The minimum atomic E-state index is -0.136. The molecule has 0 atom stereocenters. The van der Waals surface area contributed by atoms with Crippen LogP contribution in [0.4, 0.5) is 0 Å². The van der Waals surface area contributed by atoms with Crippen molar-refractivity contribution in [3.63, 3.8) is 0 Å². The topological polar surface area (TPSA) is 38.3 Å². The lowest BCUT2D eigenvalue weighted by atomic mass is 9.95. The van der Waals surface area contributed by atoms with E-state index in [1.165, 1.54) is 16.9 Å². The number of carbonyl (C=O) groups excluding carboxylic acids is 1. The number of rotatable bonds is 6. The van der Waals surface area contributed by atoms with Crippen molar-refractivity contribution in [3.05, 3.63) is 21.9 Å². The Morgan fingerprint density at radius 1 is 1.39 bits per heavy atom. The van der Waals surface area contributed by atoms with Crippen LogP contribution in [-0.2, 0) is 21.5 Å². The van der Waals surface area contributed by atoms with Gasteiger partial charge in [0.25, 0.3) is 0 Å². The van der Waals surface area contributed by atoms with Crippen molar-refractivity contribution < 1.29 is 9.53 Å². The van der Waals surface area contributed by atoms with Gasteiger partial charge in [-0.1, -0.05) is 20.8 Å². The molecule has 102 valence electrons. The first-order valence-corrected chi connectivity index (χ1v) is 7.12. The average Bonchev–Trinajstić information content (AvgIpc) is 2.76. The Morgan fingerprint density at radius 3 is 2.67 bits per heavy atom. The highest BCUT2D eigenvalue weighted by atomic mass is 32.1. The van der Waals surface area contributed by atoms with E-state index in [1.54, 1.807) is 0 Å². The summed E-state index contributed by atoms with van der Waals surface area (Å²) in [4.78, 5) is 13.7. The van der Waals surface area contributed by atoms with Gasteiger partial charge in [-0.3, -0.25) is 4.79 Å². The van der Waals surface area contributed by atoms with Gasteiger partial charge in [0.2, 0.25) is 0 Å². The summed E-state index contributed by atoms with van der Waals surface area (Å²) in [5.41, 5.74) is 0.230. The van der Waals surface area contributed by atoms with E-state index in [-0.39, 0.29) is 11.4 Å². The minimum absolute atomic E-state index is 0.136. The van der Waals surface area contributed by atoms with Crippen LogP contribution in [0.5, 0.6) is 0 Å². The molecule has 3 nitrogen and oxygen atoms in total. The third-order valence-corrected chi connectivity index (χ3v) is 4.17. The van der Waals surface area contributed by atoms with E-state index in [0.717, 1.165) is 19.5 Å². The lowest BCUT2D eigenvalue weighted by Gasteiger charge is -2.15. The second-order valence-corrected chi connectivity index (χ2v) is 6.54. The van der Waals surface area contributed by atoms with Gasteiger partial charge in [0.1, 0.15) is 0 Å².